The van der Waals surface area contributed by atoms with Gasteiger partial charge in [0.15, 0.2) is 0 Å². The fourth-order valence-corrected chi connectivity index (χ4v) is 3.90. The molecular weight excluding hydrogens is 451 g/mol. The molecule has 1 aromatic carbocycles. The largest absolute Gasteiger partial charge is 1.00 e. The first kappa shape index (κ1) is 33.7. The van der Waals surface area contributed by atoms with Crippen LogP contribution in [0.25, 0.3) is 16.6 Å². The molecular formula is C23H37KN4O3S. The van der Waals surface area contributed by atoms with E-state index in [4.69, 9.17) is 4.79 Å². The van der Waals surface area contributed by atoms with Gasteiger partial charge in [0.25, 0.3) is 0 Å². The van der Waals surface area contributed by atoms with Crippen molar-refractivity contribution in [3.8, 4) is 10.4 Å². The van der Waals surface area contributed by atoms with E-state index < -0.39 is 0 Å². The number of nitrogens with zero attached hydrogens (tertiary/aromatic N) is 2. The van der Waals surface area contributed by atoms with Crippen LogP contribution in [0.1, 0.15) is 44.9 Å². The Kier molecular flexibility index (Phi) is 17.9. The third kappa shape index (κ3) is 12.1. The molecule has 0 radical (unpaired) electrons. The van der Waals surface area contributed by atoms with E-state index in [1.165, 1.54) is 16.0 Å². The molecule has 0 bridgehead atoms. The standard InChI is InChI=1S/C12H14N2S.C10H19NO2.CH2O.K.H2N/c1-9-12(15-8-14-9)11-5-3-10(4-6-11)7-13-2;1-10(2,3)6-9(13)11-5-4-8(12)7-11;1-2;;/h3-6,8,13H,7H2,1-2H3;8,12H,4-7H2,1-3H3;1H2;;1H2/q;;;+1;-1. The van der Waals surface area contributed by atoms with Crippen LogP contribution < -0.4 is 56.7 Å². The van der Waals surface area contributed by atoms with Gasteiger partial charge in [-0.1, -0.05) is 45.0 Å². The topological polar surface area (TPSA) is 116 Å². The zero-order valence-corrected chi connectivity index (χ0v) is 24.3. The summed E-state index contributed by atoms with van der Waals surface area (Å²) in [5, 5.41) is 12.4. The smallest absolute Gasteiger partial charge is 0.693 e. The van der Waals surface area contributed by atoms with E-state index >= 15 is 0 Å². The van der Waals surface area contributed by atoms with Crippen LogP contribution in [-0.2, 0) is 16.1 Å². The van der Waals surface area contributed by atoms with Crippen LogP contribution in [0.4, 0.5) is 0 Å². The van der Waals surface area contributed by atoms with Gasteiger partial charge in [0.2, 0.25) is 5.91 Å². The molecule has 4 N–H and O–H groups in total. The van der Waals surface area contributed by atoms with Gasteiger partial charge in [0, 0.05) is 26.1 Å². The summed E-state index contributed by atoms with van der Waals surface area (Å²) in [6, 6.07) is 8.64. The van der Waals surface area contributed by atoms with Crippen LogP contribution in [0.5, 0.6) is 0 Å². The van der Waals surface area contributed by atoms with Crippen molar-refractivity contribution in [2.45, 2.75) is 53.2 Å². The summed E-state index contributed by atoms with van der Waals surface area (Å²) in [5.74, 6) is 0.170. The number of likely N-dealkylation sites (tertiary alicyclic amines) is 1. The van der Waals surface area contributed by atoms with Gasteiger partial charge in [0.1, 0.15) is 6.79 Å². The molecule has 1 unspecified atom stereocenters. The van der Waals surface area contributed by atoms with E-state index in [0.717, 1.165) is 25.2 Å². The number of hydrogen-bond acceptors (Lipinski definition) is 6. The number of carbonyl (C=O) groups excluding carboxylic acids is 2. The molecule has 1 saturated heterocycles. The second kappa shape index (κ2) is 17.0. The molecule has 1 amide bonds. The molecule has 1 aliphatic heterocycles. The summed E-state index contributed by atoms with van der Waals surface area (Å²) in [7, 11) is 1.96. The number of aliphatic hydroxyl groups is 1. The van der Waals surface area contributed by atoms with Gasteiger partial charge in [-0.25, -0.2) is 4.98 Å². The number of hydrogen-bond donors (Lipinski definition) is 2. The average molecular weight is 489 g/mol. The summed E-state index contributed by atoms with van der Waals surface area (Å²) in [5.41, 5.74) is 5.62. The van der Waals surface area contributed by atoms with Crippen molar-refractivity contribution in [3.63, 3.8) is 0 Å². The van der Waals surface area contributed by atoms with Crippen LogP contribution in [-0.4, -0.2) is 53.9 Å². The van der Waals surface area contributed by atoms with Crippen LogP contribution in [0, 0.1) is 12.3 Å². The van der Waals surface area contributed by atoms with Crippen molar-refractivity contribution in [1.29, 1.82) is 0 Å². The molecule has 0 spiro atoms. The average Bonchev–Trinajstić information content (AvgIpc) is 3.32. The van der Waals surface area contributed by atoms with Crippen LogP contribution in [0.2, 0.25) is 0 Å². The molecule has 9 heteroatoms. The molecule has 1 aliphatic rings. The van der Waals surface area contributed by atoms with Crippen LogP contribution in [0.3, 0.4) is 0 Å². The van der Waals surface area contributed by atoms with Gasteiger partial charge >= 0.3 is 51.4 Å². The SMILES string of the molecule is C=O.CC(C)(C)CC(=O)N1CCC(O)C1.CNCc1ccc(-c2scnc2C)cc1.[K+].[NH2-]. The predicted octanol–water partition coefficient (Wildman–Crippen LogP) is 1.39. The van der Waals surface area contributed by atoms with Crippen molar-refractivity contribution in [3.05, 3.63) is 47.2 Å². The normalized spacial score (nSPS) is 14.7. The molecule has 3 rings (SSSR count). The zero-order chi connectivity index (χ0) is 22.7. The van der Waals surface area contributed by atoms with Crippen molar-refractivity contribution in [1.82, 2.24) is 15.2 Å². The Bertz CT molecular complexity index is 778. The molecule has 1 aromatic heterocycles. The van der Waals surface area contributed by atoms with E-state index in [9.17, 15) is 9.90 Å². The summed E-state index contributed by atoms with van der Waals surface area (Å²) < 4.78 is 0. The van der Waals surface area contributed by atoms with Crippen molar-refractivity contribution in [2.24, 2.45) is 5.41 Å². The number of aromatic nitrogens is 1. The fraction of sp³-hybridized carbons (Fsp3) is 0.522. The van der Waals surface area contributed by atoms with E-state index in [2.05, 4.69) is 55.3 Å². The summed E-state index contributed by atoms with van der Waals surface area (Å²) in [6.45, 7) is 12.4. The van der Waals surface area contributed by atoms with Gasteiger partial charge in [-0.2, -0.15) is 0 Å². The molecule has 0 aliphatic carbocycles. The Morgan fingerprint density at radius 2 is 1.88 bits per heavy atom. The minimum atomic E-state index is -0.302. The Labute approximate surface area is 239 Å². The number of aryl methyl sites for hydroxylation is 1. The molecule has 1 atom stereocenters. The van der Waals surface area contributed by atoms with Crippen molar-refractivity contribution in [2.75, 3.05) is 20.1 Å². The number of rotatable bonds is 4. The Morgan fingerprint density at radius 3 is 2.28 bits per heavy atom. The molecule has 32 heavy (non-hydrogen) atoms. The number of β-amino-alcohol motifs (C(OH)–C–C–N with tert-alkyl or cyclic N) is 1. The first-order valence-corrected chi connectivity index (χ1v) is 11.0. The van der Waals surface area contributed by atoms with Gasteiger partial charge in [-0.05, 0) is 36.9 Å². The molecule has 2 aromatic rings. The van der Waals surface area contributed by atoms with Crippen molar-refractivity contribution < 1.29 is 66.1 Å². The number of thiazole rings is 1. The number of amides is 1. The maximum atomic E-state index is 11.6. The fourth-order valence-electron chi connectivity index (χ4n) is 3.09. The maximum Gasteiger partial charge on any atom is 1.00 e. The first-order valence-electron chi connectivity index (χ1n) is 10.1. The predicted molar refractivity (Wildman–Crippen MR) is 129 cm³/mol. The number of nitrogens with one attached hydrogen (secondary N) is 1. The second-order valence-electron chi connectivity index (χ2n) is 8.51. The third-order valence-electron chi connectivity index (χ3n) is 4.54. The van der Waals surface area contributed by atoms with Gasteiger partial charge in [-0.3, -0.25) is 4.79 Å². The van der Waals surface area contributed by atoms with E-state index in [1.54, 1.807) is 16.2 Å². The maximum absolute atomic E-state index is 11.6. The molecule has 7 nitrogen and oxygen atoms in total. The second-order valence-corrected chi connectivity index (χ2v) is 9.37. The van der Waals surface area contributed by atoms with Gasteiger partial charge in [-0.15, -0.1) is 11.3 Å². The van der Waals surface area contributed by atoms with E-state index in [-0.39, 0.29) is 75.0 Å². The van der Waals surface area contributed by atoms with Crippen LogP contribution in [0.15, 0.2) is 29.8 Å². The Balaban J connectivity index is 0. The Morgan fingerprint density at radius 1 is 1.28 bits per heavy atom. The third-order valence-corrected chi connectivity index (χ3v) is 5.52. The molecule has 1 fully saturated rings. The minimum absolute atomic E-state index is 0. The minimum Gasteiger partial charge on any atom is -0.693 e. The number of benzene rings is 1. The first-order chi connectivity index (χ1) is 14.2. The summed E-state index contributed by atoms with van der Waals surface area (Å²) in [6.07, 6.45) is 0.999. The molecule has 0 saturated carbocycles. The van der Waals surface area contributed by atoms with Crippen molar-refractivity contribution >= 4 is 24.0 Å². The summed E-state index contributed by atoms with van der Waals surface area (Å²) in [4.78, 5) is 26.9. The van der Waals surface area contributed by atoms with E-state index in [1.807, 2.05) is 26.3 Å². The number of carbonyl (C=O) groups is 2. The monoisotopic (exact) mass is 488 g/mol. The number of aliphatic hydroxyl groups excluding tert-OH is 1. The molecule has 2 heterocycles. The quantitative estimate of drug-likeness (QED) is 0.631. The Hall–Kier alpha value is -0.494. The van der Waals surface area contributed by atoms with Gasteiger partial charge < -0.3 is 26.3 Å². The summed E-state index contributed by atoms with van der Waals surface area (Å²) >= 11 is 1.70. The van der Waals surface area contributed by atoms with Crippen LogP contribution >= 0.6 is 11.3 Å². The van der Waals surface area contributed by atoms with E-state index in [0.29, 0.717) is 13.0 Å². The van der Waals surface area contributed by atoms with Gasteiger partial charge in [0.05, 0.1) is 22.2 Å². The number of nitrogens with two attached hydrogens (primary N) is 1. The molecule has 174 valence electrons. The zero-order valence-electron chi connectivity index (χ0n) is 20.4.